The Morgan fingerprint density at radius 3 is 2.24 bits per heavy atom. The van der Waals surface area contributed by atoms with Gasteiger partial charge in [0.05, 0.1) is 11.1 Å². The number of oxazole rings is 2. The highest BCUT2D eigenvalue weighted by atomic mass is 35.5. The molecule has 45 heavy (non-hydrogen) atoms. The van der Waals surface area contributed by atoms with Crippen molar-refractivity contribution in [1.29, 1.82) is 0 Å². The summed E-state index contributed by atoms with van der Waals surface area (Å²) in [7, 11) is 0. The van der Waals surface area contributed by atoms with Crippen LogP contribution in [0.4, 0.5) is 0 Å². The van der Waals surface area contributed by atoms with Crippen molar-refractivity contribution in [1.82, 2.24) is 19.1 Å². The van der Waals surface area contributed by atoms with Gasteiger partial charge < -0.3 is 27.8 Å². The zero-order valence-corrected chi connectivity index (χ0v) is 25.5. The smallest absolute Gasteiger partial charge is 0.360 e. The summed E-state index contributed by atoms with van der Waals surface area (Å²) in [4.78, 5) is 33.2. The van der Waals surface area contributed by atoms with Gasteiger partial charge in [-0.25, -0.2) is 19.6 Å². The van der Waals surface area contributed by atoms with Gasteiger partial charge in [-0.05, 0) is 56.2 Å². The van der Waals surface area contributed by atoms with Gasteiger partial charge in [0.25, 0.3) is 0 Å². The molecular weight excluding hydrogens is 619 g/mol. The Morgan fingerprint density at radius 2 is 1.58 bits per heavy atom. The number of allylic oxidation sites excluding steroid dienone is 1. The van der Waals surface area contributed by atoms with Crippen molar-refractivity contribution in [2.75, 3.05) is 0 Å². The molecule has 10 nitrogen and oxygen atoms in total. The molecular formula is C33H26Cl2N4O6. The van der Waals surface area contributed by atoms with Crippen molar-refractivity contribution in [2.45, 2.75) is 44.9 Å². The number of fused-ring (bicyclic) bond motifs is 2. The van der Waals surface area contributed by atoms with Gasteiger partial charge in [0, 0.05) is 63.3 Å². The molecule has 6 aromatic rings. The highest BCUT2D eigenvalue weighted by Crippen LogP contribution is 2.40. The molecule has 0 amide bonds. The maximum absolute atomic E-state index is 13.2. The standard InChI is InChI=1S/C33H26Cl2N4O6/c1-17(2)12-38-13-24(22-9-18(34)3-7-28(22)38)30-37-27(16-44-30)33(42)45-21-6-5-20(11-21)39-14-25(23-10-19(35)4-8-29(23)39)31-36-26(15-43-31)32(40)41/h3-4,7-10,13-16,20-21H,1,5-6,11-12H2,2H3,(H,40,41). The molecule has 0 aliphatic heterocycles. The normalized spacial score (nSPS) is 16.5. The monoisotopic (exact) mass is 644 g/mol. The second-order valence-electron chi connectivity index (χ2n) is 11.3. The molecule has 12 heteroatoms. The fourth-order valence-corrected chi connectivity index (χ4v) is 6.38. The van der Waals surface area contributed by atoms with Crippen LogP contribution in [-0.4, -0.2) is 42.3 Å². The maximum atomic E-state index is 13.2. The molecule has 4 aromatic heterocycles. The highest BCUT2D eigenvalue weighted by molar-refractivity contribution is 6.32. The summed E-state index contributed by atoms with van der Waals surface area (Å²) in [6.07, 6.45) is 7.86. The molecule has 1 aliphatic rings. The van der Waals surface area contributed by atoms with Gasteiger partial charge in [0.15, 0.2) is 11.4 Å². The number of aromatic nitrogens is 4. The van der Waals surface area contributed by atoms with Crippen LogP contribution in [-0.2, 0) is 11.3 Å². The molecule has 1 N–H and O–H groups in total. The minimum atomic E-state index is -1.18. The number of aromatic carboxylic acids is 1. The van der Waals surface area contributed by atoms with Crippen LogP contribution in [0.3, 0.4) is 0 Å². The summed E-state index contributed by atoms with van der Waals surface area (Å²) < 4.78 is 21.3. The summed E-state index contributed by atoms with van der Waals surface area (Å²) in [6.45, 7) is 6.58. The highest BCUT2D eigenvalue weighted by Gasteiger charge is 2.32. The van der Waals surface area contributed by atoms with Crippen molar-refractivity contribution >= 4 is 56.9 Å². The van der Waals surface area contributed by atoms with Crippen molar-refractivity contribution in [3.63, 3.8) is 0 Å². The van der Waals surface area contributed by atoms with Crippen LogP contribution in [0.2, 0.25) is 10.0 Å². The number of carboxylic acid groups (broad SMARTS) is 1. The van der Waals surface area contributed by atoms with Gasteiger partial charge in [-0.15, -0.1) is 0 Å². The predicted octanol–water partition coefficient (Wildman–Crippen LogP) is 8.44. The first-order valence-corrected chi connectivity index (χ1v) is 15.0. The van der Waals surface area contributed by atoms with E-state index in [9.17, 15) is 14.7 Å². The van der Waals surface area contributed by atoms with Gasteiger partial charge in [-0.3, -0.25) is 0 Å². The van der Waals surface area contributed by atoms with E-state index in [1.807, 2.05) is 48.1 Å². The molecule has 1 saturated carbocycles. The summed E-state index contributed by atoms with van der Waals surface area (Å²) in [6, 6.07) is 11.1. The van der Waals surface area contributed by atoms with Gasteiger partial charge in [-0.1, -0.05) is 35.4 Å². The van der Waals surface area contributed by atoms with Crippen LogP contribution in [0.15, 0.2) is 82.3 Å². The van der Waals surface area contributed by atoms with Gasteiger partial charge >= 0.3 is 11.9 Å². The van der Waals surface area contributed by atoms with Gasteiger partial charge in [-0.2, -0.15) is 0 Å². The van der Waals surface area contributed by atoms with Crippen LogP contribution in [0.1, 0.15) is 53.2 Å². The fourth-order valence-electron chi connectivity index (χ4n) is 6.04. The Kier molecular flexibility index (Phi) is 7.26. The SMILES string of the molecule is C=C(C)Cn1cc(-c2nc(C(=O)OC3CCC(n4cc(-c5nc(C(=O)O)co5)c5cc(Cl)ccc54)C3)co2)c2cc(Cl)ccc21. The Morgan fingerprint density at radius 1 is 0.956 bits per heavy atom. The Labute approximate surface area is 266 Å². The molecule has 0 saturated heterocycles. The van der Waals surface area contributed by atoms with Crippen molar-refractivity contribution in [3.8, 4) is 22.9 Å². The van der Waals surface area contributed by atoms with E-state index < -0.39 is 11.9 Å². The van der Waals surface area contributed by atoms with E-state index in [1.165, 1.54) is 6.26 Å². The zero-order valence-electron chi connectivity index (χ0n) is 24.0. The zero-order chi connectivity index (χ0) is 31.4. The molecule has 1 fully saturated rings. The third-order valence-electron chi connectivity index (χ3n) is 8.00. The molecule has 228 valence electrons. The van der Waals surface area contributed by atoms with Crippen molar-refractivity contribution < 1.29 is 28.3 Å². The number of hydrogen-bond acceptors (Lipinski definition) is 7. The quantitative estimate of drug-likeness (QED) is 0.129. The Hall–Kier alpha value is -4.80. The lowest BCUT2D eigenvalue weighted by atomic mass is 10.2. The summed E-state index contributed by atoms with van der Waals surface area (Å²) in [5.41, 5.74) is 4.05. The fraction of sp³-hybridized carbons (Fsp3) is 0.212. The maximum Gasteiger partial charge on any atom is 0.360 e. The van der Waals surface area contributed by atoms with Crippen molar-refractivity contribution in [3.05, 3.63) is 94.9 Å². The molecule has 2 atom stereocenters. The lowest BCUT2D eigenvalue weighted by Gasteiger charge is -2.15. The molecule has 0 bridgehead atoms. The van der Waals surface area contributed by atoms with Crippen LogP contribution >= 0.6 is 23.2 Å². The van der Waals surface area contributed by atoms with E-state index in [1.54, 1.807) is 12.1 Å². The largest absolute Gasteiger partial charge is 0.476 e. The number of halogens is 2. The molecule has 0 spiro atoms. The molecule has 7 rings (SSSR count). The minimum Gasteiger partial charge on any atom is -0.476 e. The van der Waals surface area contributed by atoms with Crippen molar-refractivity contribution in [2.24, 2.45) is 0 Å². The first-order chi connectivity index (χ1) is 21.6. The number of carboxylic acids is 1. The van der Waals surface area contributed by atoms with Crippen LogP contribution < -0.4 is 0 Å². The van der Waals surface area contributed by atoms with E-state index in [0.717, 1.165) is 40.1 Å². The van der Waals surface area contributed by atoms with E-state index in [0.29, 0.717) is 46.4 Å². The lowest BCUT2D eigenvalue weighted by molar-refractivity contribution is 0.0303. The predicted molar refractivity (Wildman–Crippen MR) is 169 cm³/mol. The average molecular weight is 645 g/mol. The number of rotatable bonds is 8. The summed E-state index contributed by atoms with van der Waals surface area (Å²) in [5, 5.41) is 12.0. The van der Waals surface area contributed by atoms with Crippen LogP contribution in [0, 0.1) is 0 Å². The molecule has 1 aliphatic carbocycles. The number of nitrogens with zero attached hydrogens (tertiary/aromatic N) is 4. The van der Waals surface area contributed by atoms with Gasteiger partial charge in [0.1, 0.15) is 18.6 Å². The van der Waals surface area contributed by atoms with E-state index in [2.05, 4.69) is 21.1 Å². The number of ether oxygens (including phenoxy) is 1. The third-order valence-corrected chi connectivity index (χ3v) is 8.47. The van der Waals surface area contributed by atoms with Crippen LogP contribution in [0.5, 0.6) is 0 Å². The number of benzene rings is 2. The first kappa shape index (κ1) is 28.9. The minimum absolute atomic E-state index is 0.00574. The third kappa shape index (κ3) is 5.40. The Bertz CT molecular complexity index is 2140. The first-order valence-electron chi connectivity index (χ1n) is 14.2. The molecule has 4 heterocycles. The van der Waals surface area contributed by atoms with E-state index in [4.69, 9.17) is 36.8 Å². The van der Waals surface area contributed by atoms with E-state index >= 15 is 0 Å². The molecule has 2 unspecified atom stereocenters. The number of carbonyl (C=O) groups excluding carboxylic acids is 1. The molecule has 2 aromatic carbocycles. The second-order valence-corrected chi connectivity index (χ2v) is 12.1. The lowest BCUT2D eigenvalue weighted by Crippen LogP contribution is -2.16. The summed E-state index contributed by atoms with van der Waals surface area (Å²) >= 11 is 12.6. The number of hydrogen-bond donors (Lipinski definition) is 1. The topological polar surface area (TPSA) is 126 Å². The number of carbonyl (C=O) groups is 2. The Balaban J connectivity index is 1.10. The summed E-state index contributed by atoms with van der Waals surface area (Å²) in [5.74, 6) is -1.26. The van der Waals surface area contributed by atoms with E-state index in [-0.39, 0.29) is 29.4 Å². The number of esters is 1. The molecule has 0 radical (unpaired) electrons. The second kappa shape index (κ2) is 11.3. The van der Waals surface area contributed by atoms with Gasteiger partial charge in [0.2, 0.25) is 11.8 Å². The van der Waals surface area contributed by atoms with Crippen LogP contribution in [0.25, 0.3) is 44.7 Å². The average Bonchev–Trinajstić information content (AvgIpc) is 3.82.